The molecule has 0 aromatic carbocycles. The third kappa shape index (κ3) is 2.86. The van der Waals surface area contributed by atoms with Crippen molar-refractivity contribution in [2.24, 2.45) is 11.7 Å². The summed E-state index contributed by atoms with van der Waals surface area (Å²) in [7, 11) is 0. The number of hydrogen-bond acceptors (Lipinski definition) is 3. The van der Waals surface area contributed by atoms with Crippen LogP contribution in [0.2, 0.25) is 0 Å². The van der Waals surface area contributed by atoms with Crippen molar-refractivity contribution in [1.29, 1.82) is 0 Å². The Morgan fingerprint density at radius 1 is 1.29 bits per heavy atom. The highest BCUT2D eigenvalue weighted by Gasteiger charge is 2.23. The van der Waals surface area contributed by atoms with Crippen LogP contribution in [0, 0.1) is 5.92 Å². The Labute approximate surface area is 104 Å². The topological polar surface area (TPSA) is 56.7 Å². The molecule has 0 unspecified atom stereocenters. The molecule has 0 spiro atoms. The van der Waals surface area contributed by atoms with Crippen molar-refractivity contribution < 1.29 is 0 Å². The van der Waals surface area contributed by atoms with Gasteiger partial charge >= 0.3 is 0 Å². The molecule has 1 aromatic rings. The summed E-state index contributed by atoms with van der Waals surface area (Å²) < 4.78 is 2.10. The lowest BCUT2D eigenvalue weighted by Crippen LogP contribution is -2.17. The Morgan fingerprint density at radius 2 is 2.00 bits per heavy atom. The van der Waals surface area contributed by atoms with Crippen LogP contribution in [0.4, 0.5) is 0 Å². The number of rotatable bonds is 4. The first-order valence-electron chi connectivity index (χ1n) is 6.84. The van der Waals surface area contributed by atoms with E-state index >= 15 is 0 Å². The molecule has 1 aromatic heterocycles. The van der Waals surface area contributed by atoms with Gasteiger partial charge in [-0.1, -0.05) is 38.3 Å². The summed E-state index contributed by atoms with van der Waals surface area (Å²) in [6, 6.07) is 0. The van der Waals surface area contributed by atoms with Crippen molar-refractivity contribution in [1.82, 2.24) is 15.0 Å². The average molecular weight is 236 g/mol. The monoisotopic (exact) mass is 236 g/mol. The van der Waals surface area contributed by atoms with E-state index in [0.717, 1.165) is 12.2 Å². The van der Waals surface area contributed by atoms with Gasteiger partial charge in [-0.2, -0.15) is 0 Å². The molecule has 0 bridgehead atoms. The first-order chi connectivity index (χ1) is 8.22. The van der Waals surface area contributed by atoms with E-state index in [0.29, 0.717) is 18.4 Å². The third-order valence-electron chi connectivity index (χ3n) is 3.57. The van der Waals surface area contributed by atoms with Crippen LogP contribution in [0.5, 0.6) is 0 Å². The van der Waals surface area contributed by atoms with E-state index in [1.165, 1.54) is 37.8 Å². The van der Waals surface area contributed by atoms with Crippen LogP contribution >= 0.6 is 0 Å². The molecule has 4 nitrogen and oxygen atoms in total. The molecule has 0 amide bonds. The molecule has 2 N–H and O–H groups in total. The maximum atomic E-state index is 5.79. The summed E-state index contributed by atoms with van der Waals surface area (Å²) >= 11 is 0. The van der Waals surface area contributed by atoms with E-state index in [-0.39, 0.29) is 0 Å². The highest BCUT2D eigenvalue weighted by Crippen LogP contribution is 2.33. The van der Waals surface area contributed by atoms with Gasteiger partial charge in [-0.05, 0) is 18.8 Å². The fraction of sp³-hybridized carbons (Fsp3) is 0.846. The number of nitrogens with zero attached hydrogens (tertiary/aromatic N) is 3. The summed E-state index contributed by atoms with van der Waals surface area (Å²) in [5, 5.41) is 8.54. The van der Waals surface area contributed by atoms with Gasteiger partial charge in [0.2, 0.25) is 0 Å². The second-order valence-electron chi connectivity index (χ2n) is 5.54. The van der Waals surface area contributed by atoms with Gasteiger partial charge in [-0.25, -0.2) is 4.68 Å². The minimum Gasteiger partial charge on any atom is -0.325 e. The van der Waals surface area contributed by atoms with Crippen molar-refractivity contribution in [3.63, 3.8) is 0 Å². The largest absolute Gasteiger partial charge is 0.325 e. The van der Waals surface area contributed by atoms with E-state index in [9.17, 15) is 0 Å². The molecule has 17 heavy (non-hydrogen) atoms. The lowest BCUT2D eigenvalue weighted by atomic mass is 9.86. The number of aromatic nitrogens is 3. The molecule has 1 aliphatic carbocycles. The number of hydrogen-bond donors (Lipinski definition) is 1. The van der Waals surface area contributed by atoms with Gasteiger partial charge in [0.05, 0.1) is 11.4 Å². The van der Waals surface area contributed by atoms with Crippen molar-refractivity contribution in [3.05, 3.63) is 11.4 Å². The standard InChI is InChI=1S/C13H24N4/c1-10(2)9-17-13(12(8-14)15-16-17)11-6-4-3-5-7-11/h10-11H,3-9,14H2,1-2H3. The SMILES string of the molecule is CC(C)Cn1nnc(CN)c1C1CCCCC1. The van der Waals surface area contributed by atoms with Gasteiger partial charge in [0, 0.05) is 19.0 Å². The molecule has 2 rings (SSSR count). The molecule has 0 saturated heterocycles. The Bertz CT molecular complexity index is 350. The zero-order valence-corrected chi connectivity index (χ0v) is 11.0. The van der Waals surface area contributed by atoms with Gasteiger partial charge in [0.15, 0.2) is 0 Å². The molecule has 1 aliphatic rings. The molecule has 1 fully saturated rings. The van der Waals surface area contributed by atoms with Gasteiger partial charge in [-0.15, -0.1) is 5.10 Å². The highest BCUT2D eigenvalue weighted by molar-refractivity contribution is 5.16. The smallest absolute Gasteiger partial charge is 0.0997 e. The van der Waals surface area contributed by atoms with Crippen LogP contribution in [0.25, 0.3) is 0 Å². The molecule has 0 radical (unpaired) electrons. The first-order valence-corrected chi connectivity index (χ1v) is 6.84. The summed E-state index contributed by atoms with van der Waals surface area (Å²) in [6.07, 6.45) is 6.60. The minimum atomic E-state index is 0.518. The molecule has 4 heteroatoms. The van der Waals surface area contributed by atoms with Crippen molar-refractivity contribution in [2.45, 2.75) is 65.0 Å². The van der Waals surface area contributed by atoms with Crippen LogP contribution in [0.15, 0.2) is 0 Å². The molecule has 1 heterocycles. The maximum Gasteiger partial charge on any atom is 0.0997 e. The van der Waals surface area contributed by atoms with Gasteiger partial charge < -0.3 is 5.73 Å². The van der Waals surface area contributed by atoms with Crippen LogP contribution in [-0.4, -0.2) is 15.0 Å². The quantitative estimate of drug-likeness (QED) is 0.873. The Balaban J connectivity index is 2.24. The lowest BCUT2D eigenvalue weighted by molar-refractivity contribution is 0.392. The summed E-state index contributed by atoms with van der Waals surface area (Å²) in [5.41, 5.74) is 8.12. The Morgan fingerprint density at radius 3 is 2.59 bits per heavy atom. The zero-order valence-electron chi connectivity index (χ0n) is 11.0. The summed E-state index contributed by atoms with van der Waals surface area (Å²) in [6.45, 7) is 5.91. The Kier molecular flexibility index (Phi) is 4.15. The van der Waals surface area contributed by atoms with Crippen LogP contribution < -0.4 is 5.73 Å². The zero-order chi connectivity index (χ0) is 12.3. The average Bonchev–Trinajstić information content (AvgIpc) is 2.72. The minimum absolute atomic E-state index is 0.518. The van der Waals surface area contributed by atoms with E-state index in [4.69, 9.17) is 5.73 Å². The summed E-state index contributed by atoms with van der Waals surface area (Å²) in [5.74, 6) is 1.24. The van der Waals surface area contributed by atoms with Crippen molar-refractivity contribution in [2.75, 3.05) is 0 Å². The normalized spacial score (nSPS) is 17.9. The highest BCUT2D eigenvalue weighted by atomic mass is 15.4. The fourth-order valence-electron chi connectivity index (χ4n) is 2.80. The lowest BCUT2D eigenvalue weighted by Gasteiger charge is -2.23. The van der Waals surface area contributed by atoms with Crippen LogP contribution in [0.1, 0.15) is 63.3 Å². The summed E-state index contributed by atoms with van der Waals surface area (Å²) in [4.78, 5) is 0. The van der Waals surface area contributed by atoms with E-state index < -0.39 is 0 Å². The van der Waals surface area contributed by atoms with Gasteiger partial charge in [-0.3, -0.25) is 0 Å². The predicted molar refractivity (Wildman–Crippen MR) is 68.6 cm³/mol. The second kappa shape index (κ2) is 5.63. The molecule has 0 aliphatic heterocycles. The second-order valence-corrected chi connectivity index (χ2v) is 5.54. The van der Waals surface area contributed by atoms with Crippen molar-refractivity contribution in [3.8, 4) is 0 Å². The maximum absolute atomic E-state index is 5.79. The predicted octanol–water partition coefficient (Wildman–Crippen LogP) is 2.44. The fourth-order valence-corrected chi connectivity index (χ4v) is 2.80. The van der Waals surface area contributed by atoms with E-state index in [2.05, 4.69) is 28.8 Å². The van der Waals surface area contributed by atoms with E-state index in [1.807, 2.05) is 0 Å². The molecular formula is C13H24N4. The Hall–Kier alpha value is -0.900. The molecule has 0 atom stereocenters. The van der Waals surface area contributed by atoms with Gasteiger partial charge in [0.25, 0.3) is 0 Å². The van der Waals surface area contributed by atoms with Gasteiger partial charge in [0.1, 0.15) is 0 Å². The molecule has 1 saturated carbocycles. The third-order valence-corrected chi connectivity index (χ3v) is 3.57. The van der Waals surface area contributed by atoms with E-state index in [1.54, 1.807) is 0 Å². The van der Waals surface area contributed by atoms with Crippen molar-refractivity contribution >= 4 is 0 Å². The van der Waals surface area contributed by atoms with Crippen LogP contribution in [0.3, 0.4) is 0 Å². The van der Waals surface area contributed by atoms with Crippen LogP contribution in [-0.2, 0) is 13.1 Å². The molecule has 96 valence electrons. The molecular weight excluding hydrogens is 212 g/mol. The first kappa shape index (κ1) is 12.6. The number of nitrogens with two attached hydrogens (primary N) is 1.